The maximum atomic E-state index is 10.9. The minimum atomic E-state index is -0.825. The SMILES string of the molecule is O=C(O)C1CCC(O)(CSc2ncnc3nc[nH]c23)CC1. The van der Waals surface area contributed by atoms with Crippen molar-refractivity contribution in [2.24, 2.45) is 5.92 Å². The van der Waals surface area contributed by atoms with Crippen LogP contribution in [-0.2, 0) is 4.79 Å². The number of nitrogens with zero attached hydrogens (tertiary/aromatic N) is 3. The number of imidazole rings is 1. The van der Waals surface area contributed by atoms with Gasteiger partial charge in [0, 0.05) is 5.75 Å². The second kappa shape index (κ2) is 5.61. The molecule has 7 nitrogen and oxygen atoms in total. The molecule has 0 aliphatic heterocycles. The Labute approximate surface area is 125 Å². The van der Waals surface area contributed by atoms with Crippen molar-refractivity contribution in [1.29, 1.82) is 0 Å². The number of rotatable bonds is 4. The van der Waals surface area contributed by atoms with Gasteiger partial charge in [0.25, 0.3) is 0 Å². The summed E-state index contributed by atoms with van der Waals surface area (Å²) in [5.41, 5.74) is 0.549. The standard InChI is InChI=1S/C13H16N4O3S/c18-12(19)8-1-3-13(20,4-2-8)5-21-11-9-10(15-6-14-9)16-7-17-11/h6-8,20H,1-5H2,(H,18,19)(H,14,15,16,17). The lowest BCUT2D eigenvalue weighted by atomic mass is 9.80. The summed E-state index contributed by atoms with van der Waals surface area (Å²) in [6, 6.07) is 0. The molecular weight excluding hydrogens is 292 g/mol. The number of fused-ring (bicyclic) bond motifs is 1. The van der Waals surface area contributed by atoms with Crippen LogP contribution in [0.25, 0.3) is 11.2 Å². The van der Waals surface area contributed by atoms with Gasteiger partial charge in [0.2, 0.25) is 0 Å². The van der Waals surface area contributed by atoms with E-state index < -0.39 is 11.6 Å². The van der Waals surface area contributed by atoms with Gasteiger partial charge in [-0.3, -0.25) is 4.79 Å². The van der Waals surface area contributed by atoms with Gasteiger partial charge in [0.15, 0.2) is 5.65 Å². The molecule has 0 saturated heterocycles. The van der Waals surface area contributed by atoms with E-state index >= 15 is 0 Å². The highest BCUT2D eigenvalue weighted by Gasteiger charge is 2.36. The van der Waals surface area contributed by atoms with Gasteiger partial charge in [-0.1, -0.05) is 0 Å². The number of aliphatic carboxylic acids is 1. The van der Waals surface area contributed by atoms with Crippen LogP contribution >= 0.6 is 11.8 Å². The Kier molecular flexibility index (Phi) is 3.81. The fourth-order valence-corrected chi connectivity index (χ4v) is 3.71. The number of nitrogens with one attached hydrogen (secondary N) is 1. The number of carboxylic acid groups (broad SMARTS) is 1. The molecule has 3 rings (SSSR count). The molecule has 21 heavy (non-hydrogen) atoms. The highest BCUT2D eigenvalue weighted by atomic mass is 32.2. The molecule has 0 atom stereocenters. The Morgan fingerprint density at radius 1 is 1.38 bits per heavy atom. The lowest BCUT2D eigenvalue weighted by Gasteiger charge is -2.34. The van der Waals surface area contributed by atoms with Gasteiger partial charge < -0.3 is 15.2 Å². The second-order valence-electron chi connectivity index (χ2n) is 5.41. The molecule has 0 aromatic carbocycles. The van der Waals surface area contributed by atoms with Gasteiger partial charge in [-0.05, 0) is 25.7 Å². The van der Waals surface area contributed by atoms with Gasteiger partial charge in [-0.2, -0.15) is 0 Å². The molecule has 3 N–H and O–H groups in total. The monoisotopic (exact) mass is 308 g/mol. The topological polar surface area (TPSA) is 112 Å². The van der Waals surface area contributed by atoms with E-state index in [4.69, 9.17) is 5.11 Å². The van der Waals surface area contributed by atoms with Crippen LogP contribution in [0.5, 0.6) is 0 Å². The molecule has 1 fully saturated rings. The number of H-pyrrole nitrogens is 1. The van der Waals surface area contributed by atoms with Crippen molar-refractivity contribution >= 4 is 28.9 Å². The van der Waals surface area contributed by atoms with Crippen LogP contribution in [0.3, 0.4) is 0 Å². The van der Waals surface area contributed by atoms with E-state index in [-0.39, 0.29) is 5.92 Å². The summed E-state index contributed by atoms with van der Waals surface area (Å²) in [5, 5.41) is 20.3. The summed E-state index contributed by atoms with van der Waals surface area (Å²) in [5.74, 6) is -0.599. The quantitative estimate of drug-likeness (QED) is 0.579. The number of thioether (sulfide) groups is 1. The molecule has 1 aliphatic carbocycles. The first kappa shape index (κ1) is 14.3. The van der Waals surface area contributed by atoms with Gasteiger partial charge in [0.1, 0.15) is 16.9 Å². The highest BCUT2D eigenvalue weighted by molar-refractivity contribution is 7.99. The molecule has 1 aliphatic rings. The molecular formula is C13H16N4O3S. The minimum absolute atomic E-state index is 0.325. The molecule has 2 heterocycles. The number of carbonyl (C=O) groups is 1. The molecule has 2 aromatic heterocycles. The van der Waals surface area contributed by atoms with Crippen LogP contribution in [0.4, 0.5) is 0 Å². The molecule has 0 radical (unpaired) electrons. The average Bonchev–Trinajstić information content (AvgIpc) is 2.94. The van der Waals surface area contributed by atoms with Crippen LogP contribution in [0, 0.1) is 5.92 Å². The zero-order valence-electron chi connectivity index (χ0n) is 11.3. The van der Waals surface area contributed by atoms with Gasteiger partial charge in [-0.15, -0.1) is 11.8 Å². The van der Waals surface area contributed by atoms with E-state index in [0.717, 1.165) is 10.5 Å². The molecule has 0 bridgehead atoms. The van der Waals surface area contributed by atoms with Crippen LogP contribution in [0.1, 0.15) is 25.7 Å². The number of hydrogen-bond acceptors (Lipinski definition) is 6. The van der Waals surface area contributed by atoms with Crippen molar-refractivity contribution < 1.29 is 15.0 Å². The van der Waals surface area contributed by atoms with Crippen LogP contribution in [0.15, 0.2) is 17.7 Å². The fourth-order valence-electron chi connectivity index (χ4n) is 2.60. The van der Waals surface area contributed by atoms with Crippen molar-refractivity contribution in [3.05, 3.63) is 12.7 Å². The Morgan fingerprint density at radius 3 is 2.86 bits per heavy atom. The van der Waals surface area contributed by atoms with E-state index in [1.807, 2.05) is 0 Å². The predicted octanol–water partition coefficient (Wildman–Crippen LogP) is 1.45. The van der Waals surface area contributed by atoms with Crippen molar-refractivity contribution in [3.63, 3.8) is 0 Å². The highest BCUT2D eigenvalue weighted by Crippen LogP contribution is 2.36. The summed E-state index contributed by atoms with van der Waals surface area (Å²) in [6.07, 6.45) is 5.08. The molecule has 8 heteroatoms. The first-order chi connectivity index (χ1) is 10.1. The predicted molar refractivity (Wildman–Crippen MR) is 77.0 cm³/mol. The van der Waals surface area contributed by atoms with Gasteiger partial charge in [-0.25, -0.2) is 15.0 Å². The molecule has 112 valence electrons. The smallest absolute Gasteiger partial charge is 0.306 e. The van der Waals surface area contributed by atoms with Gasteiger partial charge >= 0.3 is 5.97 Å². The van der Waals surface area contributed by atoms with Gasteiger partial charge in [0.05, 0.1) is 17.8 Å². The molecule has 2 aromatic rings. The van der Waals surface area contributed by atoms with E-state index in [9.17, 15) is 9.90 Å². The molecule has 0 unspecified atom stereocenters. The average molecular weight is 308 g/mol. The summed E-state index contributed by atoms with van der Waals surface area (Å²) in [7, 11) is 0. The van der Waals surface area contributed by atoms with Crippen molar-refractivity contribution in [1.82, 2.24) is 19.9 Å². The van der Waals surface area contributed by atoms with E-state index in [1.54, 1.807) is 6.33 Å². The third-order valence-electron chi connectivity index (χ3n) is 3.93. The largest absolute Gasteiger partial charge is 0.481 e. The number of hydrogen-bond donors (Lipinski definition) is 3. The fraction of sp³-hybridized carbons (Fsp3) is 0.538. The summed E-state index contributed by atoms with van der Waals surface area (Å²) < 4.78 is 0. The van der Waals surface area contributed by atoms with Crippen molar-refractivity contribution in [2.45, 2.75) is 36.3 Å². The van der Waals surface area contributed by atoms with Crippen LogP contribution in [0.2, 0.25) is 0 Å². The summed E-state index contributed by atoms with van der Waals surface area (Å²) >= 11 is 1.45. The Morgan fingerprint density at radius 2 is 2.14 bits per heavy atom. The molecule has 0 amide bonds. The van der Waals surface area contributed by atoms with Crippen molar-refractivity contribution in [3.8, 4) is 0 Å². The maximum absolute atomic E-state index is 10.9. The Hall–Kier alpha value is -1.67. The van der Waals surface area contributed by atoms with E-state index in [0.29, 0.717) is 37.1 Å². The lowest BCUT2D eigenvalue weighted by Crippen LogP contribution is -2.38. The van der Waals surface area contributed by atoms with Crippen molar-refractivity contribution in [2.75, 3.05) is 5.75 Å². The molecule has 1 saturated carbocycles. The van der Waals surface area contributed by atoms with Crippen LogP contribution in [-0.4, -0.2) is 47.5 Å². The first-order valence-electron chi connectivity index (χ1n) is 6.79. The Bertz CT molecular complexity index is 652. The zero-order chi connectivity index (χ0) is 14.9. The summed E-state index contributed by atoms with van der Waals surface area (Å²) in [4.78, 5) is 26.3. The Balaban J connectivity index is 1.65. The van der Waals surface area contributed by atoms with E-state index in [2.05, 4.69) is 19.9 Å². The minimum Gasteiger partial charge on any atom is -0.481 e. The zero-order valence-corrected chi connectivity index (χ0v) is 12.1. The number of aliphatic hydroxyl groups is 1. The first-order valence-corrected chi connectivity index (χ1v) is 7.78. The van der Waals surface area contributed by atoms with Crippen LogP contribution < -0.4 is 0 Å². The lowest BCUT2D eigenvalue weighted by molar-refractivity contribution is -0.144. The molecule has 0 spiro atoms. The summed E-state index contributed by atoms with van der Waals surface area (Å²) in [6.45, 7) is 0. The number of aromatic nitrogens is 4. The number of carboxylic acids is 1. The third kappa shape index (κ3) is 3.01. The normalized spacial score (nSPS) is 26.0. The maximum Gasteiger partial charge on any atom is 0.306 e. The second-order valence-corrected chi connectivity index (χ2v) is 6.37. The number of aromatic amines is 1. The van der Waals surface area contributed by atoms with E-state index in [1.165, 1.54) is 18.1 Å². The third-order valence-corrected chi connectivity index (χ3v) is 5.20.